The van der Waals surface area contributed by atoms with Crippen molar-refractivity contribution in [2.45, 2.75) is 88.5 Å². The van der Waals surface area contributed by atoms with Crippen LogP contribution in [0.25, 0.3) is 22.5 Å². The van der Waals surface area contributed by atoms with Gasteiger partial charge in [0.1, 0.15) is 29.8 Å². The fraction of sp³-hybridized carbons (Fsp3) is 0.429. The molecule has 2 fully saturated rings. The van der Waals surface area contributed by atoms with E-state index in [9.17, 15) is 31.5 Å². The lowest BCUT2D eigenvalue weighted by atomic mass is 9.80. The summed E-state index contributed by atoms with van der Waals surface area (Å²) in [6, 6.07) is 8.82. The number of rotatable bonds is 13. The minimum absolute atomic E-state index is 0.0134. The molecule has 1 saturated carbocycles. The summed E-state index contributed by atoms with van der Waals surface area (Å²) < 4.78 is 91.0. The molecule has 0 unspecified atom stereocenters. The average Bonchev–Trinajstić information content (AvgIpc) is 3.40. The van der Waals surface area contributed by atoms with Crippen molar-refractivity contribution in [1.29, 1.82) is 5.41 Å². The first-order valence-corrected chi connectivity index (χ1v) is 17.1. The van der Waals surface area contributed by atoms with E-state index in [-0.39, 0.29) is 27.5 Å². The van der Waals surface area contributed by atoms with Crippen molar-refractivity contribution in [2.75, 3.05) is 6.61 Å². The van der Waals surface area contributed by atoms with Crippen molar-refractivity contribution in [2.24, 2.45) is 0 Å². The SMILES string of the molecule is CC(C)(F)C[C@]1(c2ccc(-c3cnn(C(F)F)c3)cc2)NC(=N)N([C@H](COC(=O)NC2(C(C)(C)F)CC2)c2ccc(Cl)c(-c3ncnn3C(F)F)c2)C1=O. The monoisotopic (exact) mass is 779 g/mol. The summed E-state index contributed by atoms with van der Waals surface area (Å²) in [5.41, 5.74) is -5.72. The molecule has 1 aliphatic carbocycles. The number of nitrogens with zero attached hydrogens (tertiary/aromatic N) is 6. The number of alkyl carbamates (subject to hydrolysis) is 1. The van der Waals surface area contributed by atoms with Crippen LogP contribution in [-0.2, 0) is 15.1 Å². The summed E-state index contributed by atoms with van der Waals surface area (Å²) in [4.78, 5) is 32.8. The molecule has 0 radical (unpaired) electrons. The lowest BCUT2D eigenvalue weighted by molar-refractivity contribution is -0.135. The number of aromatic nitrogens is 5. The first kappa shape index (κ1) is 38.6. The number of halogens is 7. The molecule has 0 spiro atoms. The van der Waals surface area contributed by atoms with Gasteiger partial charge in [-0.25, -0.2) is 23.2 Å². The summed E-state index contributed by atoms with van der Waals surface area (Å²) in [7, 11) is 0. The van der Waals surface area contributed by atoms with Crippen LogP contribution in [0.4, 0.5) is 31.1 Å². The highest BCUT2D eigenvalue weighted by molar-refractivity contribution is 6.33. The molecule has 2 aromatic heterocycles. The first-order valence-electron chi connectivity index (χ1n) is 16.7. The third-order valence-electron chi connectivity index (χ3n) is 9.64. The number of benzene rings is 2. The Hall–Kier alpha value is -5.13. The van der Waals surface area contributed by atoms with E-state index in [1.165, 1.54) is 76.4 Å². The highest BCUT2D eigenvalue weighted by Gasteiger charge is 2.58. The second-order valence-corrected chi connectivity index (χ2v) is 14.8. The lowest BCUT2D eigenvalue weighted by Gasteiger charge is -2.33. The van der Waals surface area contributed by atoms with Crippen LogP contribution >= 0.6 is 11.6 Å². The second kappa shape index (κ2) is 13.9. The summed E-state index contributed by atoms with van der Waals surface area (Å²) in [6.45, 7) is -1.44. The maximum absolute atomic E-state index is 15.7. The third kappa shape index (κ3) is 7.35. The number of ether oxygens (including phenoxy) is 1. The number of guanidine groups is 1. The Labute approximate surface area is 310 Å². The Morgan fingerprint density at radius 3 is 2.30 bits per heavy atom. The van der Waals surface area contributed by atoms with Gasteiger partial charge in [-0.2, -0.15) is 32.4 Å². The van der Waals surface area contributed by atoms with Crippen LogP contribution in [0.5, 0.6) is 0 Å². The van der Waals surface area contributed by atoms with Gasteiger partial charge in [-0.15, -0.1) is 0 Å². The molecule has 2 amide bonds. The Morgan fingerprint density at radius 1 is 1.04 bits per heavy atom. The average molecular weight is 780 g/mol. The van der Waals surface area contributed by atoms with Gasteiger partial charge in [0, 0.05) is 23.7 Å². The molecule has 4 aromatic rings. The van der Waals surface area contributed by atoms with Gasteiger partial charge in [0.15, 0.2) is 11.8 Å². The highest BCUT2D eigenvalue weighted by Crippen LogP contribution is 2.47. The van der Waals surface area contributed by atoms with Crippen LogP contribution in [0.2, 0.25) is 5.02 Å². The quantitative estimate of drug-likeness (QED) is 0.118. The topological polar surface area (TPSA) is 143 Å². The maximum Gasteiger partial charge on any atom is 0.407 e. The minimum Gasteiger partial charge on any atom is -0.447 e. The number of hydrogen-bond acceptors (Lipinski definition) is 7. The van der Waals surface area contributed by atoms with E-state index >= 15 is 4.39 Å². The Morgan fingerprint density at radius 2 is 1.72 bits per heavy atom. The molecule has 2 atom stereocenters. The number of hydrogen-bond donors (Lipinski definition) is 3. The molecule has 12 nitrogen and oxygen atoms in total. The first-order chi connectivity index (χ1) is 25.2. The van der Waals surface area contributed by atoms with E-state index in [1.54, 1.807) is 0 Å². The Kier molecular flexibility index (Phi) is 9.96. The summed E-state index contributed by atoms with van der Waals surface area (Å²) in [5, 5.41) is 21.6. The summed E-state index contributed by atoms with van der Waals surface area (Å²) in [6.07, 6.45) is 2.49. The van der Waals surface area contributed by atoms with Crippen LogP contribution in [0.3, 0.4) is 0 Å². The van der Waals surface area contributed by atoms with Crippen molar-refractivity contribution < 1.29 is 40.7 Å². The van der Waals surface area contributed by atoms with E-state index in [0.717, 1.165) is 17.4 Å². The molecule has 288 valence electrons. The van der Waals surface area contributed by atoms with Gasteiger partial charge in [-0.3, -0.25) is 15.1 Å². The largest absolute Gasteiger partial charge is 0.447 e. The molecule has 1 aliphatic heterocycles. The molecule has 2 aliphatic rings. The molecule has 6 rings (SSSR count). The molecular weight excluding hydrogens is 744 g/mol. The minimum atomic E-state index is -3.09. The smallest absolute Gasteiger partial charge is 0.407 e. The fourth-order valence-corrected chi connectivity index (χ4v) is 6.92. The van der Waals surface area contributed by atoms with Crippen LogP contribution in [0, 0.1) is 5.41 Å². The van der Waals surface area contributed by atoms with Gasteiger partial charge in [-0.1, -0.05) is 41.9 Å². The fourth-order valence-electron chi connectivity index (χ4n) is 6.72. The number of nitrogens with one attached hydrogen (secondary N) is 3. The zero-order valence-corrected chi connectivity index (χ0v) is 30.1. The van der Waals surface area contributed by atoms with Crippen molar-refractivity contribution in [3.63, 3.8) is 0 Å². The number of carbonyl (C=O) groups is 2. The van der Waals surface area contributed by atoms with Crippen molar-refractivity contribution >= 4 is 29.6 Å². The summed E-state index contributed by atoms with van der Waals surface area (Å²) >= 11 is 6.43. The molecule has 19 heteroatoms. The molecule has 3 N–H and O–H groups in total. The van der Waals surface area contributed by atoms with Gasteiger partial charge in [0.2, 0.25) is 0 Å². The molecule has 3 heterocycles. The summed E-state index contributed by atoms with van der Waals surface area (Å²) in [5.74, 6) is -1.67. The van der Waals surface area contributed by atoms with E-state index in [4.69, 9.17) is 21.7 Å². The maximum atomic E-state index is 15.7. The second-order valence-electron chi connectivity index (χ2n) is 14.4. The van der Waals surface area contributed by atoms with Gasteiger partial charge in [-0.05, 0) is 69.4 Å². The van der Waals surface area contributed by atoms with Gasteiger partial charge < -0.3 is 15.4 Å². The van der Waals surface area contributed by atoms with Gasteiger partial charge in [0.05, 0.1) is 22.8 Å². The molecule has 2 aromatic carbocycles. The third-order valence-corrected chi connectivity index (χ3v) is 9.97. The van der Waals surface area contributed by atoms with Crippen LogP contribution in [0.15, 0.2) is 61.2 Å². The predicted octanol–water partition coefficient (Wildman–Crippen LogP) is 7.70. The van der Waals surface area contributed by atoms with Crippen LogP contribution in [0.1, 0.15) is 77.2 Å². The van der Waals surface area contributed by atoms with E-state index < -0.39 is 72.5 Å². The van der Waals surface area contributed by atoms with E-state index in [2.05, 4.69) is 25.8 Å². The van der Waals surface area contributed by atoms with Crippen molar-refractivity contribution in [1.82, 2.24) is 40.1 Å². The van der Waals surface area contributed by atoms with E-state index in [1.807, 2.05) is 0 Å². The standard InChI is InChI=1S/C35H36ClF6N9O3/c1-32(2,41)17-35(22-8-5-19(6-9-22)21-14-45-49(15-21)28(37)38)27(52)50(30(43)47-35)25(16-54-31(53)48-34(11-12-34)33(3,4)42)20-7-10-24(36)23(13-20)26-44-18-46-51(26)29(39)40/h5-10,13-15,18,25,28-29H,11-12,16-17H2,1-4H3,(H2,43,47)(H,48,53)/t25-,35-/m1/s1. The van der Waals surface area contributed by atoms with Gasteiger partial charge in [0.25, 0.3) is 5.91 Å². The number of alkyl halides is 6. The van der Waals surface area contributed by atoms with Crippen molar-refractivity contribution in [3.05, 3.63) is 77.3 Å². The van der Waals surface area contributed by atoms with Crippen LogP contribution < -0.4 is 10.6 Å². The number of amides is 2. The Balaban J connectivity index is 1.40. The van der Waals surface area contributed by atoms with Crippen LogP contribution in [-0.4, -0.2) is 70.9 Å². The zero-order chi connectivity index (χ0) is 39.4. The van der Waals surface area contributed by atoms with Gasteiger partial charge >= 0.3 is 19.2 Å². The Bertz CT molecular complexity index is 2060. The van der Waals surface area contributed by atoms with E-state index in [0.29, 0.717) is 33.3 Å². The normalized spacial score (nSPS) is 19.0. The zero-order valence-electron chi connectivity index (χ0n) is 29.4. The van der Waals surface area contributed by atoms with Crippen molar-refractivity contribution in [3.8, 4) is 22.5 Å². The molecular formula is C35H36ClF6N9O3. The highest BCUT2D eigenvalue weighted by atomic mass is 35.5. The number of carbonyl (C=O) groups excluding carboxylic acids is 2. The molecule has 1 saturated heterocycles. The predicted molar refractivity (Wildman–Crippen MR) is 184 cm³/mol. The molecule has 0 bridgehead atoms. The molecule has 54 heavy (non-hydrogen) atoms. The lowest BCUT2D eigenvalue weighted by Crippen LogP contribution is -2.50.